The van der Waals surface area contributed by atoms with Crippen LogP contribution in [-0.4, -0.2) is 38.9 Å². The first kappa shape index (κ1) is 17.7. The molecule has 2 heterocycles. The van der Waals surface area contributed by atoms with Crippen molar-refractivity contribution < 1.29 is 9.59 Å². The van der Waals surface area contributed by atoms with E-state index in [1.54, 1.807) is 36.9 Å². The van der Waals surface area contributed by atoms with Crippen molar-refractivity contribution in [2.24, 2.45) is 5.92 Å². The van der Waals surface area contributed by atoms with Crippen molar-refractivity contribution in [2.45, 2.75) is 32.9 Å². The second kappa shape index (κ2) is 8.81. The van der Waals surface area contributed by atoms with Crippen LogP contribution in [0.3, 0.4) is 0 Å². The van der Waals surface area contributed by atoms with Gasteiger partial charge < -0.3 is 15.2 Å². The summed E-state index contributed by atoms with van der Waals surface area (Å²) < 4.78 is 1.95. The van der Waals surface area contributed by atoms with Crippen molar-refractivity contribution >= 4 is 11.8 Å². The maximum atomic E-state index is 12.3. The SMILES string of the molecule is CC(C)[C@H](NC(=O)c1ccccn1)C(=O)NCCCn1ccnc1. The molecule has 2 aromatic heterocycles. The Balaban J connectivity index is 1.82. The summed E-state index contributed by atoms with van der Waals surface area (Å²) in [6.45, 7) is 5.12. The zero-order chi connectivity index (χ0) is 17.4. The van der Waals surface area contributed by atoms with E-state index in [0.717, 1.165) is 13.0 Å². The van der Waals surface area contributed by atoms with Crippen LogP contribution < -0.4 is 10.6 Å². The van der Waals surface area contributed by atoms with E-state index in [1.165, 1.54) is 0 Å². The highest BCUT2D eigenvalue weighted by Crippen LogP contribution is 2.04. The smallest absolute Gasteiger partial charge is 0.270 e. The first-order valence-corrected chi connectivity index (χ1v) is 8.03. The molecule has 2 aromatic rings. The molecule has 7 heteroatoms. The Morgan fingerprint density at radius 3 is 2.71 bits per heavy atom. The van der Waals surface area contributed by atoms with Gasteiger partial charge in [-0.3, -0.25) is 14.6 Å². The van der Waals surface area contributed by atoms with Crippen LogP contribution in [0.2, 0.25) is 0 Å². The van der Waals surface area contributed by atoms with Gasteiger partial charge in [-0.2, -0.15) is 0 Å². The van der Waals surface area contributed by atoms with Gasteiger partial charge >= 0.3 is 0 Å². The Hall–Kier alpha value is -2.70. The number of carbonyl (C=O) groups excluding carboxylic acids is 2. The summed E-state index contributed by atoms with van der Waals surface area (Å²) in [6, 6.07) is 4.51. The van der Waals surface area contributed by atoms with Crippen molar-refractivity contribution in [1.82, 2.24) is 25.2 Å². The number of nitrogens with one attached hydrogen (secondary N) is 2. The van der Waals surface area contributed by atoms with E-state index >= 15 is 0 Å². The number of imidazole rings is 1. The maximum absolute atomic E-state index is 12.3. The molecule has 0 radical (unpaired) electrons. The molecule has 0 saturated carbocycles. The number of rotatable bonds is 8. The Morgan fingerprint density at radius 2 is 2.08 bits per heavy atom. The minimum absolute atomic E-state index is 0.0219. The average molecular weight is 329 g/mol. The van der Waals surface area contributed by atoms with Crippen molar-refractivity contribution in [2.75, 3.05) is 6.54 Å². The highest BCUT2D eigenvalue weighted by atomic mass is 16.2. The highest BCUT2D eigenvalue weighted by molar-refractivity contribution is 5.96. The quantitative estimate of drug-likeness (QED) is 0.713. The number of aromatic nitrogens is 3. The molecule has 0 aliphatic carbocycles. The van der Waals surface area contributed by atoms with Crippen LogP contribution in [0.25, 0.3) is 0 Å². The third-order valence-corrected chi connectivity index (χ3v) is 3.58. The van der Waals surface area contributed by atoms with Gasteiger partial charge in [0.2, 0.25) is 5.91 Å². The van der Waals surface area contributed by atoms with Crippen molar-refractivity contribution in [1.29, 1.82) is 0 Å². The Morgan fingerprint density at radius 1 is 1.25 bits per heavy atom. The van der Waals surface area contributed by atoms with Gasteiger partial charge in [-0.05, 0) is 24.5 Å². The van der Waals surface area contributed by atoms with Crippen LogP contribution in [0.15, 0.2) is 43.1 Å². The number of hydrogen-bond donors (Lipinski definition) is 2. The van der Waals surface area contributed by atoms with E-state index in [9.17, 15) is 9.59 Å². The molecule has 0 fully saturated rings. The third-order valence-electron chi connectivity index (χ3n) is 3.58. The average Bonchev–Trinajstić information content (AvgIpc) is 3.10. The molecule has 0 unspecified atom stereocenters. The molecule has 2 N–H and O–H groups in total. The van der Waals surface area contributed by atoms with Crippen LogP contribution in [0, 0.1) is 5.92 Å². The molecule has 7 nitrogen and oxygen atoms in total. The molecular weight excluding hydrogens is 306 g/mol. The lowest BCUT2D eigenvalue weighted by Crippen LogP contribution is -2.50. The summed E-state index contributed by atoms with van der Waals surface area (Å²) in [6.07, 6.45) is 7.69. The molecular formula is C17H23N5O2. The monoisotopic (exact) mass is 329 g/mol. The molecule has 0 bridgehead atoms. The van der Waals surface area contributed by atoms with Gasteiger partial charge in [-0.1, -0.05) is 19.9 Å². The summed E-state index contributed by atoms with van der Waals surface area (Å²) in [5.74, 6) is -0.547. The Kier molecular flexibility index (Phi) is 6.48. The van der Waals surface area contributed by atoms with E-state index in [-0.39, 0.29) is 17.7 Å². The summed E-state index contributed by atoms with van der Waals surface area (Å²) in [7, 11) is 0. The zero-order valence-electron chi connectivity index (χ0n) is 14.0. The lowest BCUT2D eigenvalue weighted by molar-refractivity contribution is -0.123. The van der Waals surface area contributed by atoms with Crippen LogP contribution >= 0.6 is 0 Å². The Bertz CT molecular complexity index is 640. The fraction of sp³-hybridized carbons (Fsp3) is 0.412. The highest BCUT2D eigenvalue weighted by Gasteiger charge is 2.24. The molecule has 0 aliphatic rings. The molecule has 128 valence electrons. The third kappa shape index (κ3) is 5.19. The van der Waals surface area contributed by atoms with Crippen LogP contribution in [0.5, 0.6) is 0 Å². The van der Waals surface area contributed by atoms with Crippen LogP contribution in [-0.2, 0) is 11.3 Å². The lowest BCUT2D eigenvalue weighted by Gasteiger charge is -2.21. The molecule has 0 aliphatic heterocycles. The predicted octanol–water partition coefficient (Wildman–Crippen LogP) is 1.24. The van der Waals surface area contributed by atoms with E-state index in [1.807, 2.05) is 24.6 Å². The minimum atomic E-state index is -0.590. The number of amides is 2. The van der Waals surface area contributed by atoms with Crippen LogP contribution in [0.4, 0.5) is 0 Å². The predicted molar refractivity (Wildman–Crippen MR) is 90.2 cm³/mol. The van der Waals surface area contributed by atoms with E-state index in [0.29, 0.717) is 12.2 Å². The molecule has 0 saturated heterocycles. The number of carbonyl (C=O) groups is 2. The fourth-order valence-corrected chi connectivity index (χ4v) is 2.25. The molecule has 24 heavy (non-hydrogen) atoms. The van der Waals surface area contributed by atoms with Crippen LogP contribution in [0.1, 0.15) is 30.8 Å². The Labute approximate surface area is 141 Å². The summed E-state index contributed by atoms with van der Waals surface area (Å²) in [4.78, 5) is 32.5. The van der Waals surface area contributed by atoms with Gasteiger partial charge in [0.25, 0.3) is 5.91 Å². The van der Waals surface area contributed by atoms with Crippen molar-refractivity contribution in [3.8, 4) is 0 Å². The van der Waals surface area contributed by atoms with Gasteiger partial charge in [-0.25, -0.2) is 4.98 Å². The molecule has 2 rings (SSSR count). The zero-order valence-corrected chi connectivity index (χ0v) is 14.0. The second-order valence-electron chi connectivity index (χ2n) is 5.86. The summed E-state index contributed by atoms with van der Waals surface area (Å²) in [5, 5.41) is 5.63. The first-order valence-electron chi connectivity index (χ1n) is 8.03. The normalized spacial score (nSPS) is 12.0. The van der Waals surface area contributed by atoms with Gasteiger partial charge in [0, 0.05) is 31.7 Å². The van der Waals surface area contributed by atoms with Gasteiger partial charge in [0.15, 0.2) is 0 Å². The minimum Gasteiger partial charge on any atom is -0.354 e. The summed E-state index contributed by atoms with van der Waals surface area (Å²) >= 11 is 0. The number of hydrogen-bond acceptors (Lipinski definition) is 4. The fourth-order valence-electron chi connectivity index (χ4n) is 2.25. The molecule has 0 spiro atoms. The number of nitrogens with zero attached hydrogens (tertiary/aromatic N) is 3. The number of pyridine rings is 1. The van der Waals surface area contributed by atoms with Gasteiger partial charge in [0.05, 0.1) is 6.33 Å². The maximum Gasteiger partial charge on any atom is 0.270 e. The summed E-state index contributed by atoms with van der Waals surface area (Å²) in [5.41, 5.74) is 0.302. The largest absolute Gasteiger partial charge is 0.354 e. The number of aryl methyl sites for hydroxylation is 1. The second-order valence-corrected chi connectivity index (χ2v) is 5.86. The van der Waals surface area contributed by atoms with E-state index in [2.05, 4.69) is 20.6 Å². The van der Waals surface area contributed by atoms with Crippen molar-refractivity contribution in [3.05, 3.63) is 48.8 Å². The molecule has 2 amide bonds. The van der Waals surface area contributed by atoms with E-state index in [4.69, 9.17) is 0 Å². The lowest BCUT2D eigenvalue weighted by atomic mass is 10.0. The van der Waals surface area contributed by atoms with E-state index < -0.39 is 6.04 Å². The standard InChI is InChI=1S/C17H23N5O2/c1-13(2)15(21-16(23)14-6-3-4-7-19-14)17(24)20-8-5-10-22-11-9-18-12-22/h3-4,6-7,9,11-13,15H,5,8,10H2,1-2H3,(H,20,24)(H,21,23)/t15-/m0/s1. The van der Waals surface area contributed by atoms with Gasteiger partial charge in [-0.15, -0.1) is 0 Å². The molecule has 0 aromatic carbocycles. The van der Waals surface area contributed by atoms with Gasteiger partial charge in [0.1, 0.15) is 11.7 Å². The first-order chi connectivity index (χ1) is 11.6. The molecule has 1 atom stereocenters. The topological polar surface area (TPSA) is 88.9 Å². The van der Waals surface area contributed by atoms with Crippen molar-refractivity contribution in [3.63, 3.8) is 0 Å².